The molecule has 3 rings (SSSR count). The number of nitrogens with one attached hydrogen (secondary N) is 1. The molecular weight excluding hydrogens is 428 g/mol. The van der Waals surface area contributed by atoms with Crippen LogP contribution in [0.5, 0.6) is 0 Å². The molecule has 0 saturated carbocycles. The van der Waals surface area contributed by atoms with Gasteiger partial charge < -0.3 is 5.32 Å². The number of nitrogens with zero attached hydrogens (tertiary/aromatic N) is 1. The average Bonchev–Trinajstić information content (AvgIpc) is 3.06. The lowest BCUT2D eigenvalue weighted by Crippen LogP contribution is -2.27. The highest BCUT2D eigenvalue weighted by atomic mass is 79.9. The summed E-state index contributed by atoms with van der Waals surface area (Å²) in [5, 5.41) is 3.07. The van der Waals surface area contributed by atoms with Crippen LogP contribution in [0.3, 0.4) is 0 Å². The number of carbonyl (C=O) groups is 1. The topological polar surface area (TPSA) is 66.5 Å². The molecule has 7 heteroatoms. The van der Waals surface area contributed by atoms with E-state index in [0.717, 1.165) is 39.7 Å². The van der Waals surface area contributed by atoms with E-state index in [2.05, 4.69) is 35.1 Å². The normalized spacial score (nSPS) is 13.6. The van der Waals surface area contributed by atoms with Gasteiger partial charge in [0.25, 0.3) is 5.91 Å². The molecule has 2 aromatic rings. The molecule has 0 radical (unpaired) electrons. The zero-order valence-corrected chi connectivity index (χ0v) is 18.1. The molecule has 1 aliphatic rings. The number of sulfonamides is 1. The largest absolute Gasteiger partial charge is 0.321 e. The molecule has 0 atom stereocenters. The predicted molar refractivity (Wildman–Crippen MR) is 113 cm³/mol. The van der Waals surface area contributed by atoms with E-state index in [1.807, 2.05) is 12.1 Å². The third-order valence-corrected chi connectivity index (χ3v) is 6.50. The van der Waals surface area contributed by atoms with Crippen molar-refractivity contribution in [2.75, 3.05) is 22.4 Å². The van der Waals surface area contributed by atoms with E-state index < -0.39 is 10.0 Å². The molecule has 1 aliphatic heterocycles. The van der Waals surface area contributed by atoms with Crippen LogP contribution in [-0.4, -0.2) is 27.1 Å². The number of amides is 1. The molecule has 5 nitrogen and oxygen atoms in total. The molecular formula is C20H23BrN2O3S. The van der Waals surface area contributed by atoms with Crippen LogP contribution in [0.1, 0.15) is 40.9 Å². The van der Waals surface area contributed by atoms with Crippen molar-refractivity contribution in [2.24, 2.45) is 0 Å². The number of hydrogen-bond donors (Lipinski definition) is 1. The Morgan fingerprint density at radius 1 is 1.15 bits per heavy atom. The van der Waals surface area contributed by atoms with Gasteiger partial charge in [-0.15, -0.1) is 0 Å². The summed E-state index contributed by atoms with van der Waals surface area (Å²) in [5.41, 5.74) is 5.12. The van der Waals surface area contributed by atoms with Gasteiger partial charge in [-0.05, 0) is 66.3 Å². The Bertz CT molecular complexity index is 977. The number of fused-ring (bicyclic) bond motifs is 1. The summed E-state index contributed by atoms with van der Waals surface area (Å²) < 4.78 is 26.1. The van der Waals surface area contributed by atoms with Crippen molar-refractivity contribution in [3.05, 3.63) is 57.1 Å². The SMILES string of the molecule is CCc1cc(Br)cc(CC)c1NC(=O)c1ccc2c(c1)CCN2S(C)(=O)=O. The second-order valence-corrected chi connectivity index (χ2v) is 9.51. The maximum atomic E-state index is 12.9. The summed E-state index contributed by atoms with van der Waals surface area (Å²) in [4.78, 5) is 12.9. The average molecular weight is 451 g/mol. The van der Waals surface area contributed by atoms with Crippen molar-refractivity contribution in [1.82, 2.24) is 0 Å². The lowest BCUT2D eigenvalue weighted by molar-refractivity contribution is 0.102. The minimum Gasteiger partial charge on any atom is -0.321 e. The van der Waals surface area contributed by atoms with E-state index in [4.69, 9.17) is 0 Å². The summed E-state index contributed by atoms with van der Waals surface area (Å²) in [5.74, 6) is -0.178. The van der Waals surface area contributed by atoms with E-state index in [0.29, 0.717) is 24.2 Å². The van der Waals surface area contributed by atoms with Crippen molar-refractivity contribution >= 4 is 43.2 Å². The van der Waals surface area contributed by atoms with E-state index in [-0.39, 0.29) is 5.91 Å². The first-order valence-electron chi connectivity index (χ1n) is 8.97. The van der Waals surface area contributed by atoms with Gasteiger partial charge in [-0.25, -0.2) is 8.42 Å². The smallest absolute Gasteiger partial charge is 0.255 e. The summed E-state index contributed by atoms with van der Waals surface area (Å²) in [6, 6.07) is 9.27. The maximum absolute atomic E-state index is 12.9. The zero-order chi connectivity index (χ0) is 19.8. The highest BCUT2D eigenvalue weighted by molar-refractivity contribution is 9.10. The van der Waals surface area contributed by atoms with Gasteiger partial charge in [-0.2, -0.15) is 0 Å². The lowest BCUT2D eigenvalue weighted by Gasteiger charge is -2.17. The van der Waals surface area contributed by atoms with Gasteiger partial charge in [-0.3, -0.25) is 9.10 Å². The summed E-state index contributed by atoms with van der Waals surface area (Å²) in [7, 11) is -3.29. The van der Waals surface area contributed by atoms with Crippen molar-refractivity contribution in [3.8, 4) is 0 Å². The summed E-state index contributed by atoms with van der Waals surface area (Å²) in [6.45, 7) is 4.55. The Hall–Kier alpha value is -1.86. The first-order chi connectivity index (χ1) is 12.7. The number of benzene rings is 2. The minimum absolute atomic E-state index is 0.178. The van der Waals surface area contributed by atoms with Gasteiger partial charge in [0, 0.05) is 22.3 Å². The van der Waals surface area contributed by atoms with E-state index in [1.165, 1.54) is 10.6 Å². The van der Waals surface area contributed by atoms with Gasteiger partial charge in [0.05, 0.1) is 11.9 Å². The fraction of sp³-hybridized carbons (Fsp3) is 0.350. The Labute approximate surface area is 169 Å². The van der Waals surface area contributed by atoms with Crippen LogP contribution in [0, 0.1) is 0 Å². The molecule has 27 heavy (non-hydrogen) atoms. The molecule has 0 bridgehead atoms. The molecule has 1 heterocycles. The van der Waals surface area contributed by atoms with Crippen LogP contribution in [-0.2, 0) is 29.3 Å². The van der Waals surface area contributed by atoms with Gasteiger partial charge in [0.1, 0.15) is 0 Å². The zero-order valence-electron chi connectivity index (χ0n) is 15.7. The standard InChI is InChI=1S/C20H23BrN2O3S/c1-4-13-11-17(21)12-14(5-2)19(13)22-20(24)16-6-7-18-15(10-16)8-9-23(18)27(3,25)26/h6-7,10-12H,4-5,8-9H2,1-3H3,(H,22,24). The van der Waals surface area contributed by atoms with Crippen LogP contribution in [0.4, 0.5) is 11.4 Å². The molecule has 1 N–H and O–H groups in total. The number of rotatable bonds is 5. The van der Waals surface area contributed by atoms with E-state index in [9.17, 15) is 13.2 Å². The molecule has 0 aliphatic carbocycles. The molecule has 0 aromatic heterocycles. The van der Waals surface area contributed by atoms with Crippen LogP contribution < -0.4 is 9.62 Å². The molecule has 0 fully saturated rings. The number of halogens is 1. The Morgan fingerprint density at radius 2 is 1.78 bits per heavy atom. The molecule has 144 valence electrons. The predicted octanol–water partition coefficient (Wildman–Crippen LogP) is 4.15. The molecule has 1 amide bonds. The lowest BCUT2D eigenvalue weighted by atomic mass is 10.0. The van der Waals surface area contributed by atoms with Crippen LogP contribution in [0.15, 0.2) is 34.8 Å². The highest BCUT2D eigenvalue weighted by Gasteiger charge is 2.27. The first-order valence-corrected chi connectivity index (χ1v) is 11.6. The molecule has 0 unspecified atom stereocenters. The molecule has 0 saturated heterocycles. The Kier molecular flexibility index (Phi) is 5.63. The van der Waals surface area contributed by atoms with Gasteiger partial charge in [-0.1, -0.05) is 29.8 Å². The third-order valence-electron chi connectivity index (χ3n) is 4.86. The van der Waals surface area contributed by atoms with Crippen LogP contribution >= 0.6 is 15.9 Å². The minimum atomic E-state index is -3.29. The maximum Gasteiger partial charge on any atom is 0.255 e. The van der Waals surface area contributed by atoms with Crippen molar-refractivity contribution < 1.29 is 13.2 Å². The summed E-state index contributed by atoms with van der Waals surface area (Å²) in [6.07, 6.45) is 3.45. The van der Waals surface area contributed by atoms with Crippen molar-refractivity contribution in [1.29, 1.82) is 0 Å². The molecule has 2 aromatic carbocycles. The van der Waals surface area contributed by atoms with E-state index >= 15 is 0 Å². The summed E-state index contributed by atoms with van der Waals surface area (Å²) >= 11 is 3.53. The van der Waals surface area contributed by atoms with Gasteiger partial charge >= 0.3 is 0 Å². The third kappa shape index (κ3) is 4.04. The number of aryl methyl sites for hydroxylation is 2. The fourth-order valence-electron chi connectivity index (χ4n) is 3.49. The quantitative estimate of drug-likeness (QED) is 0.743. The number of anilines is 2. The Morgan fingerprint density at radius 3 is 2.33 bits per heavy atom. The fourth-order valence-corrected chi connectivity index (χ4v) is 5.00. The number of hydrogen-bond acceptors (Lipinski definition) is 3. The first kappa shape index (κ1) is 19.9. The molecule has 0 spiro atoms. The number of carbonyl (C=O) groups excluding carboxylic acids is 1. The van der Waals surface area contributed by atoms with Crippen molar-refractivity contribution in [2.45, 2.75) is 33.1 Å². The van der Waals surface area contributed by atoms with Crippen LogP contribution in [0.25, 0.3) is 0 Å². The highest BCUT2D eigenvalue weighted by Crippen LogP contribution is 2.32. The van der Waals surface area contributed by atoms with Gasteiger partial charge in [0.2, 0.25) is 10.0 Å². The van der Waals surface area contributed by atoms with Crippen molar-refractivity contribution in [3.63, 3.8) is 0 Å². The second kappa shape index (κ2) is 7.64. The van der Waals surface area contributed by atoms with Crippen LogP contribution in [0.2, 0.25) is 0 Å². The van der Waals surface area contributed by atoms with E-state index in [1.54, 1.807) is 18.2 Å². The monoisotopic (exact) mass is 450 g/mol. The Balaban J connectivity index is 1.91. The van der Waals surface area contributed by atoms with Gasteiger partial charge in [0.15, 0.2) is 0 Å². The second-order valence-electron chi connectivity index (χ2n) is 6.69.